The smallest absolute Gasteiger partial charge is 0.237 e. The maximum Gasteiger partial charge on any atom is 0.237 e. The highest BCUT2D eigenvalue weighted by atomic mass is 16.3. The number of aliphatic hydroxyl groups is 1. The molecule has 146 valence electrons. The number of hydrogen-bond acceptors (Lipinski definition) is 4. The van der Waals surface area contributed by atoms with Crippen LogP contribution >= 0.6 is 0 Å². The summed E-state index contributed by atoms with van der Waals surface area (Å²) >= 11 is 0. The van der Waals surface area contributed by atoms with Crippen LogP contribution in [0.2, 0.25) is 0 Å². The molecule has 1 saturated carbocycles. The first-order chi connectivity index (χ1) is 13.0. The summed E-state index contributed by atoms with van der Waals surface area (Å²) in [5, 5.41) is 12.4. The van der Waals surface area contributed by atoms with Crippen LogP contribution in [-0.2, 0) is 22.4 Å². The third-order valence-electron chi connectivity index (χ3n) is 6.53. The van der Waals surface area contributed by atoms with Crippen molar-refractivity contribution in [2.24, 2.45) is 5.41 Å². The maximum atomic E-state index is 12.8. The molecule has 1 atom stereocenters. The molecule has 1 aromatic carbocycles. The zero-order chi connectivity index (χ0) is 19.0. The van der Waals surface area contributed by atoms with E-state index in [0.29, 0.717) is 13.1 Å². The summed E-state index contributed by atoms with van der Waals surface area (Å²) in [6, 6.07) is 8.33. The Morgan fingerprint density at radius 2 is 1.96 bits per heavy atom. The highest BCUT2D eigenvalue weighted by Gasteiger charge is 2.44. The predicted molar refractivity (Wildman–Crippen MR) is 102 cm³/mol. The van der Waals surface area contributed by atoms with Gasteiger partial charge in [-0.2, -0.15) is 0 Å². The SMILES string of the molecule is CN(CC1(CO)CC1)C(=O)C[C@@H]1C(=O)NCCN1C1Cc2ccccc2C1. The minimum atomic E-state index is -0.405. The van der Waals surface area contributed by atoms with Crippen LogP contribution in [-0.4, -0.2) is 72.1 Å². The largest absolute Gasteiger partial charge is 0.396 e. The molecular formula is C21H29N3O3. The molecule has 6 nitrogen and oxygen atoms in total. The molecule has 3 aliphatic rings. The fourth-order valence-corrected chi connectivity index (χ4v) is 4.61. The number of amides is 2. The highest BCUT2D eigenvalue weighted by Crippen LogP contribution is 2.45. The predicted octanol–water partition coefficient (Wildman–Crippen LogP) is 0.575. The van der Waals surface area contributed by atoms with Crippen molar-refractivity contribution in [2.75, 3.05) is 33.3 Å². The second kappa shape index (κ2) is 7.24. The van der Waals surface area contributed by atoms with Crippen molar-refractivity contribution in [1.82, 2.24) is 15.1 Å². The monoisotopic (exact) mass is 371 g/mol. The quantitative estimate of drug-likeness (QED) is 0.767. The van der Waals surface area contributed by atoms with E-state index in [2.05, 4.69) is 34.5 Å². The standard InChI is InChI=1S/C21H29N3O3/c1-23(13-21(14-25)6-7-21)19(26)12-18-20(27)22-8-9-24(18)17-10-15-4-2-3-5-16(15)11-17/h2-5,17-18,25H,6-14H2,1H3,(H,22,27)/t18-/m1/s1. The van der Waals surface area contributed by atoms with Gasteiger partial charge >= 0.3 is 0 Å². The number of carbonyl (C=O) groups is 2. The Labute approximate surface area is 160 Å². The Morgan fingerprint density at radius 3 is 2.56 bits per heavy atom. The zero-order valence-corrected chi connectivity index (χ0v) is 16.0. The van der Waals surface area contributed by atoms with Crippen LogP contribution in [0.3, 0.4) is 0 Å². The van der Waals surface area contributed by atoms with E-state index in [1.807, 2.05) is 0 Å². The van der Waals surface area contributed by atoms with Crippen LogP contribution in [0.1, 0.15) is 30.4 Å². The Kier molecular flexibility index (Phi) is 4.95. The van der Waals surface area contributed by atoms with Gasteiger partial charge in [-0.1, -0.05) is 24.3 Å². The minimum absolute atomic E-state index is 0.0164. The summed E-state index contributed by atoms with van der Waals surface area (Å²) < 4.78 is 0. The maximum absolute atomic E-state index is 12.8. The Hall–Kier alpha value is -1.92. The number of benzene rings is 1. The van der Waals surface area contributed by atoms with Crippen molar-refractivity contribution >= 4 is 11.8 Å². The number of nitrogens with one attached hydrogen (secondary N) is 1. The van der Waals surface area contributed by atoms with Gasteiger partial charge in [0.25, 0.3) is 0 Å². The molecule has 2 amide bonds. The molecule has 27 heavy (non-hydrogen) atoms. The highest BCUT2D eigenvalue weighted by molar-refractivity contribution is 5.88. The Balaban J connectivity index is 1.43. The summed E-state index contributed by atoms with van der Waals surface area (Å²) in [6.45, 7) is 2.12. The molecule has 6 heteroatoms. The lowest BCUT2D eigenvalue weighted by Gasteiger charge is -2.39. The van der Waals surface area contributed by atoms with Crippen molar-refractivity contribution in [2.45, 2.75) is 44.2 Å². The molecule has 1 saturated heterocycles. The van der Waals surface area contributed by atoms with Crippen molar-refractivity contribution in [3.05, 3.63) is 35.4 Å². The van der Waals surface area contributed by atoms with Gasteiger partial charge in [-0.25, -0.2) is 0 Å². The molecule has 2 N–H and O–H groups in total. The van der Waals surface area contributed by atoms with Crippen LogP contribution in [0.25, 0.3) is 0 Å². The molecule has 1 aromatic rings. The number of rotatable bonds is 6. The van der Waals surface area contributed by atoms with E-state index in [9.17, 15) is 14.7 Å². The summed E-state index contributed by atoms with van der Waals surface area (Å²) in [7, 11) is 1.79. The first kappa shape index (κ1) is 18.4. The van der Waals surface area contributed by atoms with Gasteiger partial charge in [0, 0.05) is 38.1 Å². The Bertz CT molecular complexity index is 706. The van der Waals surface area contributed by atoms with E-state index < -0.39 is 6.04 Å². The third-order valence-corrected chi connectivity index (χ3v) is 6.53. The molecule has 0 spiro atoms. The molecule has 1 aliphatic heterocycles. The molecule has 1 heterocycles. The number of aliphatic hydroxyl groups excluding tert-OH is 1. The van der Waals surface area contributed by atoms with E-state index in [0.717, 1.165) is 32.2 Å². The summed E-state index contributed by atoms with van der Waals surface area (Å²) in [5.41, 5.74) is 2.61. The lowest BCUT2D eigenvalue weighted by Crippen LogP contribution is -2.59. The summed E-state index contributed by atoms with van der Waals surface area (Å²) in [6.07, 6.45) is 4.03. The van der Waals surface area contributed by atoms with E-state index >= 15 is 0 Å². The van der Waals surface area contributed by atoms with Crippen LogP contribution in [0, 0.1) is 5.41 Å². The molecule has 0 radical (unpaired) electrons. The van der Waals surface area contributed by atoms with Gasteiger partial charge in [0.1, 0.15) is 0 Å². The van der Waals surface area contributed by atoms with Crippen molar-refractivity contribution in [3.63, 3.8) is 0 Å². The van der Waals surface area contributed by atoms with Gasteiger partial charge in [-0.15, -0.1) is 0 Å². The average molecular weight is 371 g/mol. The van der Waals surface area contributed by atoms with Crippen molar-refractivity contribution in [1.29, 1.82) is 0 Å². The number of piperazine rings is 1. The molecule has 2 fully saturated rings. The topological polar surface area (TPSA) is 72.9 Å². The number of nitrogens with zero attached hydrogens (tertiary/aromatic N) is 2. The number of carbonyl (C=O) groups excluding carboxylic acids is 2. The van der Waals surface area contributed by atoms with Crippen LogP contribution < -0.4 is 5.32 Å². The summed E-state index contributed by atoms with van der Waals surface area (Å²) in [4.78, 5) is 29.3. The number of hydrogen-bond donors (Lipinski definition) is 2. The minimum Gasteiger partial charge on any atom is -0.396 e. The zero-order valence-electron chi connectivity index (χ0n) is 16.0. The molecule has 4 rings (SSSR count). The molecule has 0 bridgehead atoms. The third kappa shape index (κ3) is 3.73. The second-order valence-corrected chi connectivity index (χ2v) is 8.49. The van der Waals surface area contributed by atoms with E-state index in [1.165, 1.54) is 11.1 Å². The average Bonchev–Trinajstić information content (AvgIpc) is 3.31. The lowest BCUT2D eigenvalue weighted by molar-refractivity contribution is -0.139. The van der Waals surface area contributed by atoms with Crippen LogP contribution in [0.5, 0.6) is 0 Å². The molecule has 0 unspecified atom stereocenters. The van der Waals surface area contributed by atoms with Gasteiger partial charge in [-0.05, 0) is 36.8 Å². The van der Waals surface area contributed by atoms with Crippen LogP contribution in [0.15, 0.2) is 24.3 Å². The fraction of sp³-hybridized carbons (Fsp3) is 0.619. The lowest BCUT2D eigenvalue weighted by atomic mass is 10.0. The van der Waals surface area contributed by atoms with Gasteiger partial charge in [0.2, 0.25) is 11.8 Å². The van der Waals surface area contributed by atoms with E-state index in [1.54, 1.807) is 11.9 Å². The van der Waals surface area contributed by atoms with Gasteiger partial charge < -0.3 is 15.3 Å². The normalized spacial score (nSPS) is 24.4. The Morgan fingerprint density at radius 1 is 1.30 bits per heavy atom. The first-order valence-corrected chi connectivity index (χ1v) is 9.96. The van der Waals surface area contributed by atoms with Gasteiger partial charge in [0.05, 0.1) is 19.1 Å². The van der Waals surface area contributed by atoms with E-state index in [4.69, 9.17) is 0 Å². The van der Waals surface area contributed by atoms with Gasteiger partial charge in [-0.3, -0.25) is 14.5 Å². The first-order valence-electron chi connectivity index (χ1n) is 9.96. The van der Waals surface area contributed by atoms with Crippen molar-refractivity contribution < 1.29 is 14.7 Å². The summed E-state index contributed by atoms with van der Waals surface area (Å²) in [5.74, 6) is -0.0560. The number of fused-ring (bicyclic) bond motifs is 1. The molecule has 0 aromatic heterocycles. The van der Waals surface area contributed by atoms with E-state index in [-0.39, 0.29) is 36.3 Å². The molecular weight excluding hydrogens is 342 g/mol. The molecule has 2 aliphatic carbocycles. The van der Waals surface area contributed by atoms with Gasteiger partial charge in [0.15, 0.2) is 0 Å². The fourth-order valence-electron chi connectivity index (χ4n) is 4.61. The van der Waals surface area contributed by atoms with Crippen molar-refractivity contribution in [3.8, 4) is 0 Å². The second-order valence-electron chi connectivity index (χ2n) is 8.49. The van der Waals surface area contributed by atoms with Crippen LogP contribution in [0.4, 0.5) is 0 Å².